The number of sulfone groups is 1. The first-order valence-corrected chi connectivity index (χ1v) is 8.70. The Hall–Kier alpha value is -1.44. The summed E-state index contributed by atoms with van der Waals surface area (Å²) in [7, 11) is -3.43. The van der Waals surface area contributed by atoms with Crippen LogP contribution >= 0.6 is 11.6 Å². The van der Waals surface area contributed by atoms with Crippen LogP contribution in [0, 0.1) is 0 Å². The van der Waals surface area contributed by atoms with Crippen molar-refractivity contribution in [2.75, 3.05) is 6.26 Å². The summed E-state index contributed by atoms with van der Waals surface area (Å²) in [5.74, 6) is 0.697. The van der Waals surface area contributed by atoms with Crippen LogP contribution in [-0.2, 0) is 15.4 Å². The molecule has 1 saturated carbocycles. The van der Waals surface area contributed by atoms with E-state index in [4.69, 9.17) is 21.9 Å². The van der Waals surface area contributed by atoms with E-state index in [-0.39, 0.29) is 15.8 Å². The van der Waals surface area contributed by atoms with Gasteiger partial charge in [0.05, 0.1) is 15.5 Å². The van der Waals surface area contributed by atoms with Gasteiger partial charge in [0.2, 0.25) is 0 Å². The summed E-state index contributed by atoms with van der Waals surface area (Å²) in [6, 6.07) is 4.57. The number of benzene rings is 1. The SMILES string of the molecule is CS(=O)(=O)c1cc(-c2nc(C3(N)CCC3)no2)ccc1Cl. The molecule has 0 amide bonds. The number of hydrogen-bond donors (Lipinski definition) is 1. The second-order valence-electron chi connectivity index (χ2n) is 5.35. The number of hydrogen-bond acceptors (Lipinski definition) is 6. The molecule has 2 aromatic rings. The van der Waals surface area contributed by atoms with E-state index in [9.17, 15) is 8.42 Å². The number of aromatic nitrogens is 2. The average Bonchev–Trinajstić information content (AvgIpc) is 2.85. The van der Waals surface area contributed by atoms with Gasteiger partial charge < -0.3 is 10.3 Å². The summed E-state index contributed by atoms with van der Waals surface area (Å²) in [4.78, 5) is 4.32. The van der Waals surface area contributed by atoms with Gasteiger partial charge in [-0.2, -0.15) is 4.98 Å². The highest BCUT2D eigenvalue weighted by atomic mass is 35.5. The first kappa shape index (κ1) is 14.5. The first-order chi connectivity index (χ1) is 9.79. The van der Waals surface area contributed by atoms with Crippen molar-refractivity contribution in [1.29, 1.82) is 0 Å². The Bertz CT molecular complexity index is 797. The second-order valence-corrected chi connectivity index (χ2v) is 7.74. The monoisotopic (exact) mass is 327 g/mol. The van der Waals surface area contributed by atoms with Crippen LogP contribution in [0.2, 0.25) is 5.02 Å². The molecule has 0 bridgehead atoms. The lowest BCUT2D eigenvalue weighted by atomic mass is 9.77. The molecule has 1 aliphatic carbocycles. The van der Waals surface area contributed by atoms with E-state index in [2.05, 4.69) is 10.1 Å². The van der Waals surface area contributed by atoms with Crippen LogP contribution in [0.5, 0.6) is 0 Å². The maximum Gasteiger partial charge on any atom is 0.258 e. The third kappa shape index (κ3) is 2.56. The Labute approximate surface area is 127 Å². The number of nitrogens with zero attached hydrogens (tertiary/aromatic N) is 2. The smallest absolute Gasteiger partial charge is 0.258 e. The fourth-order valence-corrected chi connectivity index (χ4v) is 3.55. The van der Waals surface area contributed by atoms with E-state index in [0.29, 0.717) is 11.4 Å². The van der Waals surface area contributed by atoms with Crippen molar-refractivity contribution < 1.29 is 12.9 Å². The third-order valence-corrected chi connectivity index (χ3v) is 5.27. The predicted molar refractivity (Wildman–Crippen MR) is 77.6 cm³/mol. The van der Waals surface area contributed by atoms with Gasteiger partial charge >= 0.3 is 0 Å². The van der Waals surface area contributed by atoms with Crippen molar-refractivity contribution >= 4 is 21.4 Å². The van der Waals surface area contributed by atoms with Gasteiger partial charge in [-0.15, -0.1) is 0 Å². The van der Waals surface area contributed by atoms with Crippen LogP contribution in [0.3, 0.4) is 0 Å². The van der Waals surface area contributed by atoms with Crippen LogP contribution in [0.25, 0.3) is 11.5 Å². The van der Waals surface area contributed by atoms with Crippen molar-refractivity contribution in [1.82, 2.24) is 10.1 Å². The molecule has 0 aliphatic heterocycles. The maximum atomic E-state index is 11.7. The van der Waals surface area contributed by atoms with Crippen molar-refractivity contribution in [3.63, 3.8) is 0 Å². The normalized spacial score (nSPS) is 17.5. The molecule has 1 aromatic heterocycles. The van der Waals surface area contributed by atoms with Crippen LogP contribution in [0.4, 0.5) is 0 Å². The number of nitrogens with two attached hydrogens (primary N) is 1. The zero-order chi connectivity index (χ0) is 15.3. The molecule has 0 spiro atoms. The minimum atomic E-state index is -3.43. The summed E-state index contributed by atoms with van der Waals surface area (Å²) in [5.41, 5.74) is 6.12. The molecular weight excluding hydrogens is 314 g/mol. The average molecular weight is 328 g/mol. The zero-order valence-corrected chi connectivity index (χ0v) is 12.9. The number of halogens is 1. The fourth-order valence-electron chi connectivity index (χ4n) is 2.24. The van der Waals surface area contributed by atoms with Crippen molar-refractivity contribution in [3.8, 4) is 11.5 Å². The largest absolute Gasteiger partial charge is 0.334 e. The summed E-state index contributed by atoms with van der Waals surface area (Å²) < 4.78 is 28.6. The molecule has 3 rings (SSSR count). The van der Waals surface area contributed by atoms with Crippen LogP contribution in [-0.4, -0.2) is 24.8 Å². The van der Waals surface area contributed by atoms with Crippen LogP contribution in [0.1, 0.15) is 25.1 Å². The van der Waals surface area contributed by atoms with Crippen molar-refractivity contribution in [2.45, 2.75) is 29.7 Å². The lowest BCUT2D eigenvalue weighted by molar-refractivity contribution is 0.229. The molecule has 0 atom stereocenters. The number of rotatable bonds is 3. The lowest BCUT2D eigenvalue weighted by Gasteiger charge is -2.34. The standard InChI is InChI=1S/C13H14ClN3O3S/c1-21(18,19)10-7-8(3-4-9(10)14)11-16-12(17-20-11)13(15)5-2-6-13/h3-4,7H,2,5-6,15H2,1H3. The quantitative estimate of drug-likeness (QED) is 0.927. The van der Waals surface area contributed by atoms with Crippen LogP contribution in [0.15, 0.2) is 27.6 Å². The van der Waals surface area contributed by atoms with Crippen molar-refractivity contribution in [2.24, 2.45) is 5.73 Å². The van der Waals surface area contributed by atoms with Gasteiger partial charge in [0.15, 0.2) is 15.7 Å². The van der Waals surface area contributed by atoms with Gasteiger partial charge in [0.1, 0.15) is 0 Å². The molecule has 21 heavy (non-hydrogen) atoms. The molecule has 0 unspecified atom stereocenters. The molecule has 1 aromatic carbocycles. The van der Waals surface area contributed by atoms with E-state index >= 15 is 0 Å². The Balaban J connectivity index is 2.02. The minimum Gasteiger partial charge on any atom is -0.334 e. The van der Waals surface area contributed by atoms with E-state index in [0.717, 1.165) is 25.5 Å². The Morgan fingerprint density at radius 3 is 2.67 bits per heavy atom. The molecule has 0 saturated heterocycles. The minimum absolute atomic E-state index is 0.0347. The molecule has 0 radical (unpaired) electrons. The van der Waals surface area contributed by atoms with E-state index < -0.39 is 15.4 Å². The molecule has 1 fully saturated rings. The Morgan fingerprint density at radius 1 is 1.38 bits per heavy atom. The topological polar surface area (TPSA) is 99.1 Å². The van der Waals surface area contributed by atoms with Gasteiger partial charge in [0.25, 0.3) is 5.89 Å². The Morgan fingerprint density at radius 2 is 2.10 bits per heavy atom. The molecule has 8 heteroatoms. The van der Waals surface area contributed by atoms with Crippen molar-refractivity contribution in [3.05, 3.63) is 29.0 Å². The van der Waals surface area contributed by atoms with Gasteiger partial charge in [0, 0.05) is 11.8 Å². The molecule has 1 heterocycles. The second kappa shape index (κ2) is 4.79. The Kier molecular flexibility index (Phi) is 3.31. The molecule has 112 valence electrons. The summed E-state index contributed by atoms with van der Waals surface area (Å²) >= 11 is 5.91. The van der Waals surface area contributed by atoms with Gasteiger partial charge in [-0.1, -0.05) is 16.8 Å². The van der Waals surface area contributed by atoms with E-state index in [1.165, 1.54) is 12.1 Å². The first-order valence-electron chi connectivity index (χ1n) is 6.43. The zero-order valence-electron chi connectivity index (χ0n) is 11.3. The molecule has 1 aliphatic rings. The van der Waals surface area contributed by atoms with Crippen LogP contribution < -0.4 is 5.73 Å². The van der Waals surface area contributed by atoms with Gasteiger partial charge in [-0.3, -0.25) is 0 Å². The molecular formula is C13H14ClN3O3S. The summed E-state index contributed by atoms with van der Waals surface area (Å²) in [6.45, 7) is 0. The third-order valence-electron chi connectivity index (χ3n) is 3.69. The summed E-state index contributed by atoms with van der Waals surface area (Å²) in [5, 5.41) is 4.07. The van der Waals surface area contributed by atoms with Gasteiger partial charge in [-0.25, -0.2) is 8.42 Å². The van der Waals surface area contributed by atoms with E-state index in [1.807, 2.05) is 0 Å². The summed E-state index contributed by atoms with van der Waals surface area (Å²) in [6.07, 6.45) is 3.78. The highest BCUT2D eigenvalue weighted by molar-refractivity contribution is 7.90. The van der Waals surface area contributed by atoms with Gasteiger partial charge in [-0.05, 0) is 37.5 Å². The molecule has 2 N–H and O–H groups in total. The maximum absolute atomic E-state index is 11.7. The highest BCUT2D eigenvalue weighted by Crippen LogP contribution is 2.38. The fraction of sp³-hybridized carbons (Fsp3) is 0.385. The highest BCUT2D eigenvalue weighted by Gasteiger charge is 2.39. The predicted octanol–water partition coefficient (Wildman–Crippen LogP) is 2.13. The van der Waals surface area contributed by atoms with E-state index in [1.54, 1.807) is 6.07 Å². The lowest BCUT2D eigenvalue weighted by Crippen LogP contribution is -2.44. The molecule has 6 nitrogen and oxygen atoms in total.